The molecular formula is C11H10N2OS. The number of nitrogens with zero attached hydrogens (tertiary/aromatic N) is 2. The van der Waals surface area contributed by atoms with Gasteiger partial charge in [-0.15, -0.1) is 0 Å². The van der Waals surface area contributed by atoms with Crippen LogP contribution in [0.25, 0.3) is 16.0 Å². The molecule has 0 bridgehead atoms. The summed E-state index contributed by atoms with van der Waals surface area (Å²) in [5.41, 5.74) is 2.09. The third kappa shape index (κ3) is 1.26. The number of thiazole rings is 1. The first-order valence-corrected chi connectivity index (χ1v) is 5.62. The molecule has 0 amide bonds. The van der Waals surface area contributed by atoms with Crippen LogP contribution < -0.4 is 0 Å². The maximum atomic E-state index is 9.48. The normalized spacial score (nSPS) is 13.7. The molecule has 0 saturated heterocycles. The van der Waals surface area contributed by atoms with Crippen LogP contribution in [-0.4, -0.2) is 14.5 Å². The molecule has 0 aliphatic heterocycles. The van der Waals surface area contributed by atoms with Crippen molar-refractivity contribution in [2.24, 2.45) is 0 Å². The lowest BCUT2D eigenvalue weighted by molar-refractivity contribution is 0.203. The van der Waals surface area contributed by atoms with Gasteiger partial charge in [-0.25, -0.2) is 4.98 Å². The number of imidazole rings is 1. The highest BCUT2D eigenvalue weighted by Gasteiger charge is 2.10. The van der Waals surface area contributed by atoms with E-state index in [0.29, 0.717) is 0 Å². The van der Waals surface area contributed by atoms with Crippen molar-refractivity contribution in [1.82, 2.24) is 9.38 Å². The quantitative estimate of drug-likeness (QED) is 0.681. The van der Waals surface area contributed by atoms with E-state index in [1.54, 1.807) is 6.92 Å². The minimum atomic E-state index is -0.421. The second-order valence-corrected chi connectivity index (χ2v) is 4.60. The number of aromatic nitrogens is 2. The topological polar surface area (TPSA) is 37.5 Å². The van der Waals surface area contributed by atoms with Crippen molar-refractivity contribution in [1.29, 1.82) is 0 Å². The van der Waals surface area contributed by atoms with Gasteiger partial charge < -0.3 is 5.11 Å². The van der Waals surface area contributed by atoms with Gasteiger partial charge in [0.2, 0.25) is 0 Å². The van der Waals surface area contributed by atoms with Gasteiger partial charge in [0.15, 0.2) is 4.96 Å². The summed E-state index contributed by atoms with van der Waals surface area (Å²) in [6, 6.07) is 8.01. The highest BCUT2D eigenvalue weighted by atomic mass is 32.1. The van der Waals surface area contributed by atoms with Crippen molar-refractivity contribution >= 4 is 27.3 Å². The van der Waals surface area contributed by atoms with E-state index in [2.05, 4.69) is 4.98 Å². The Morgan fingerprint density at radius 3 is 3.00 bits per heavy atom. The molecule has 3 aromatic rings. The van der Waals surface area contributed by atoms with E-state index < -0.39 is 6.10 Å². The smallest absolute Gasteiger partial charge is 0.195 e. The number of benzene rings is 1. The Bertz CT molecular complexity index is 624. The number of aliphatic hydroxyl groups is 1. The fourth-order valence-electron chi connectivity index (χ4n) is 1.67. The molecule has 0 spiro atoms. The number of fused-ring (bicyclic) bond motifs is 3. The second-order valence-electron chi connectivity index (χ2n) is 3.56. The molecule has 3 nitrogen and oxygen atoms in total. The van der Waals surface area contributed by atoms with E-state index in [1.165, 1.54) is 11.3 Å². The lowest BCUT2D eigenvalue weighted by Gasteiger charge is -1.95. The monoisotopic (exact) mass is 218 g/mol. The molecule has 76 valence electrons. The Labute approximate surface area is 90.6 Å². The molecule has 15 heavy (non-hydrogen) atoms. The Balaban J connectivity index is 2.37. The molecule has 4 heteroatoms. The summed E-state index contributed by atoms with van der Waals surface area (Å²) >= 11 is 1.53. The van der Waals surface area contributed by atoms with Crippen LogP contribution in [0, 0.1) is 0 Å². The van der Waals surface area contributed by atoms with E-state index in [4.69, 9.17) is 0 Å². The lowest BCUT2D eigenvalue weighted by Crippen LogP contribution is -1.85. The zero-order valence-corrected chi connectivity index (χ0v) is 9.03. The molecule has 3 rings (SSSR count). The zero-order chi connectivity index (χ0) is 10.4. The molecule has 0 aliphatic rings. The highest BCUT2D eigenvalue weighted by molar-refractivity contribution is 7.17. The Morgan fingerprint density at radius 2 is 2.20 bits per heavy atom. The van der Waals surface area contributed by atoms with Gasteiger partial charge in [-0.05, 0) is 19.1 Å². The van der Waals surface area contributed by atoms with Crippen LogP contribution >= 0.6 is 11.3 Å². The fraction of sp³-hybridized carbons (Fsp3) is 0.182. The molecule has 0 aliphatic carbocycles. The summed E-state index contributed by atoms with van der Waals surface area (Å²) in [6.07, 6.45) is 1.54. The van der Waals surface area contributed by atoms with Crippen LogP contribution in [0.2, 0.25) is 0 Å². The summed E-state index contributed by atoms with van der Waals surface area (Å²) in [5.74, 6) is 0. The van der Waals surface area contributed by atoms with Crippen molar-refractivity contribution < 1.29 is 5.11 Å². The van der Waals surface area contributed by atoms with Crippen molar-refractivity contribution in [3.05, 3.63) is 35.3 Å². The van der Waals surface area contributed by atoms with Gasteiger partial charge in [0.05, 0.1) is 22.0 Å². The minimum Gasteiger partial charge on any atom is -0.388 e. The van der Waals surface area contributed by atoms with E-state index >= 15 is 0 Å². The molecule has 2 aromatic heterocycles. The minimum absolute atomic E-state index is 0.421. The molecule has 1 aromatic carbocycles. The Morgan fingerprint density at radius 1 is 1.40 bits per heavy atom. The van der Waals surface area contributed by atoms with Gasteiger partial charge in [-0.2, -0.15) is 0 Å². The first-order chi connectivity index (χ1) is 7.25. The molecule has 1 atom stereocenters. The third-order valence-corrected chi connectivity index (χ3v) is 3.59. The van der Waals surface area contributed by atoms with Crippen LogP contribution in [0.15, 0.2) is 30.5 Å². The largest absolute Gasteiger partial charge is 0.388 e. The van der Waals surface area contributed by atoms with Crippen LogP contribution in [0.3, 0.4) is 0 Å². The average molecular weight is 218 g/mol. The molecule has 1 N–H and O–H groups in total. The van der Waals surface area contributed by atoms with Gasteiger partial charge >= 0.3 is 0 Å². The summed E-state index contributed by atoms with van der Waals surface area (Å²) in [4.78, 5) is 6.37. The maximum Gasteiger partial charge on any atom is 0.195 e. The predicted octanol–water partition coefficient (Wildman–Crippen LogP) is 2.60. The Kier molecular flexibility index (Phi) is 1.81. The van der Waals surface area contributed by atoms with Gasteiger partial charge in [0.1, 0.15) is 0 Å². The van der Waals surface area contributed by atoms with Crippen LogP contribution in [0.1, 0.15) is 17.9 Å². The molecule has 1 unspecified atom stereocenters. The molecule has 0 saturated carbocycles. The Hall–Kier alpha value is -1.39. The van der Waals surface area contributed by atoms with E-state index in [1.807, 2.05) is 34.9 Å². The summed E-state index contributed by atoms with van der Waals surface area (Å²) in [6.45, 7) is 1.77. The summed E-state index contributed by atoms with van der Waals surface area (Å²) in [5, 5.41) is 9.48. The van der Waals surface area contributed by atoms with Gasteiger partial charge in [-0.3, -0.25) is 4.40 Å². The number of aliphatic hydroxyl groups excluding tert-OH is 1. The average Bonchev–Trinajstić information content (AvgIpc) is 2.73. The number of rotatable bonds is 1. The van der Waals surface area contributed by atoms with E-state index in [-0.39, 0.29) is 0 Å². The summed E-state index contributed by atoms with van der Waals surface area (Å²) in [7, 11) is 0. The summed E-state index contributed by atoms with van der Waals surface area (Å²) < 4.78 is 2.03. The first-order valence-electron chi connectivity index (χ1n) is 4.80. The third-order valence-electron chi connectivity index (χ3n) is 2.44. The lowest BCUT2D eigenvalue weighted by atomic mass is 10.3. The van der Waals surface area contributed by atoms with Crippen molar-refractivity contribution in [2.45, 2.75) is 13.0 Å². The zero-order valence-electron chi connectivity index (χ0n) is 8.21. The van der Waals surface area contributed by atoms with E-state index in [9.17, 15) is 5.11 Å². The molecule has 0 radical (unpaired) electrons. The fourth-order valence-corrected chi connectivity index (χ4v) is 2.60. The SMILES string of the molecule is CC(O)c1cn2c(nc3ccccc32)s1. The highest BCUT2D eigenvalue weighted by Crippen LogP contribution is 2.27. The first kappa shape index (κ1) is 8.88. The van der Waals surface area contributed by atoms with Crippen molar-refractivity contribution in [2.75, 3.05) is 0 Å². The van der Waals surface area contributed by atoms with Crippen LogP contribution in [0.4, 0.5) is 0 Å². The molecular weight excluding hydrogens is 208 g/mol. The predicted molar refractivity (Wildman–Crippen MR) is 61.2 cm³/mol. The standard InChI is InChI=1S/C11H10N2OS/c1-7(14)10-6-13-9-5-3-2-4-8(9)12-11(13)15-10/h2-7,14H,1H3. The van der Waals surface area contributed by atoms with Crippen LogP contribution in [-0.2, 0) is 0 Å². The number of hydrogen-bond acceptors (Lipinski definition) is 3. The van der Waals surface area contributed by atoms with Gasteiger partial charge in [-0.1, -0.05) is 23.5 Å². The maximum absolute atomic E-state index is 9.48. The number of para-hydroxylation sites is 2. The van der Waals surface area contributed by atoms with Gasteiger partial charge in [0, 0.05) is 6.20 Å². The molecule has 0 fully saturated rings. The van der Waals surface area contributed by atoms with Gasteiger partial charge in [0.25, 0.3) is 0 Å². The second kappa shape index (κ2) is 3.05. The van der Waals surface area contributed by atoms with Crippen LogP contribution in [0.5, 0.6) is 0 Å². The van der Waals surface area contributed by atoms with Crippen molar-refractivity contribution in [3.63, 3.8) is 0 Å². The van der Waals surface area contributed by atoms with E-state index in [0.717, 1.165) is 20.9 Å². The number of hydrogen-bond donors (Lipinski definition) is 1. The van der Waals surface area contributed by atoms with Crippen molar-refractivity contribution in [3.8, 4) is 0 Å². The molecule has 2 heterocycles.